The number of aliphatic hydroxyl groups excluding tert-OH is 1. The summed E-state index contributed by atoms with van der Waals surface area (Å²) in [7, 11) is 0. The Labute approximate surface area is 310 Å². The van der Waals surface area contributed by atoms with E-state index in [9.17, 15) is 29.1 Å². The number of pyridine rings is 2. The fraction of sp³-hybridized carbons (Fsp3) is 0.275. The average Bonchev–Trinajstić information content (AvgIpc) is 3.65. The molecule has 276 valence electrons. The Hall–Kier alpha value is -6.25. The molecular weight excluding hydrogens is 692 g/mol. The molecule has 54 heavy (non-hydrogen) atoms. The van der Waals surface area contributed by atoms with Crippen LogP contribution in [0.5, 0.6) is 0 Å². The third-order valence-corrected chi connectivity index (χ3v) is 9.14. The van der Waals surface area contributed by atoms with Gasteiger partial charge in [0.15, 0.2) is 0 Å². The second-order valence-electron chi connectivity index (χ2n) is 14.1. The molecule has 0 aliphatic carbocycles. The summed E-state index contributed by atoms with van der Waals surface area (Å²) in [5.41, 5.74) is 4.00. The van der Waals surface area contributed by atoms with Gasteiger partial charge in [-0.2, -0.15) is 0 Å². The lowest BCUT2D eigenvalue weighted by Gasteiger charge is -2.27. The molecule has 3 N–H and O–H groups in total. The zero-order valence-corrected chi connectivity index (χ0v) is 29.9. The minimum atomic E-state index is -1.07. The number of imide groups is 2. The van der Waals surface area contributed by atoms with E-state index in [1.165, 1.54) is 12.1 Å². The van der Waals surface area contributed by atoms with Crippen LogP contribution in [0.25, 0.3) is 33.3 Å². The van der Waals surface area contributed by atoms with Crippen molar-refractivity contribution in [1.82, 2.24) is 24.8 Å². The van der Waals surface area contributed by atoms with E-state index in [2.05, 4.69) is 20.6 Å². The Kier molecular flexibility index (Phi) is 9.79. The number of rotatable bonds is 10. The van der Waals surface area contributed by atoms with Crippen LogP contribution >= 0.6 is 0 Å². The van der Waals surface area contributed by atoms with Crippen molar-refractivity contribution in [2.75, 3.05) is 25.1 Å². The molecule has 2 aromatic carbocycles. The number of carbonyl (C=O) groups is 5. The second kappa shape index (κ2) is 14.6. The van der Waals surface area contributed by atoms with Crippen molar-refractivity contribution in [2.24, 2.45) is 0 Å². The number of hydrogen-bond acceptors (Lipinski definition) is 11. The molecule has 2 aliphatic heterocycles. The van der Waals surface area contributed by atoms with Gasteiger partial charge in [0, 0.05) is 36.3 Å². The number of piperidine rings is 1. The van der Waals surface area contributed by atoms with Crippen LogP contribution in [0.15, 0.2) is 85.3 Å². The monoisotopic (exact) mass is 730 g/mol. The molecule has 3 aromatic heterocycles. The number of benzene rings is 2. The second-order valence-corrected chi connectivity index (χ2v) is 14.1. The van der Waals surface area contributed by atoms with Crippen LogP contribution in [-0.4, -0.2) is 85.7 Å². The molecule has 5 aromatic rings. The summed E-state index contributed by atoms with van der Waals surface area (Å²) in [5.74, 6) is -1.74. The van der Waals surface area contributed by atoms with Crippen LogP contribution in [0.3, 0.4) is 0 Å². The van der Waals surface area contributed by atoms with E-state index in [1.807, 2.05) is 69.3 Å². The molecule has 0 radical (unpaired) electrons. The van der Waals surface area contributed by atoms with Crippen LogP contribution < -0.4 is 10.6 Å². The highest BCUT2D eigenvalue weighted by atomic mass is 16.6. The van der Waals surface area contributed by atoms with Crippen LogP contribution in [-0.2, 0) is 19.1 Å². The van der Waals surface area contributed by atoms with E-state index >= 15 is 0 Å². The smallest absolute Gasteiger partial charge is 0.419 e. The number of aliphatic hydroxyl groups is 1. The Bertz CT molecular complexity index is 2280. The summed E-state index contributed by atoms with van der Waals surface area (Å²) < 4.78 is 12.9. The van der Waals surface area contributed by atoms with Gasteiger partial charge >= 0.3 is 6.09 Å². The van der Waals surface area contributed by atoms with Crippen LogP contribution in [0, 0.1) is 0 Å². The Morgan fingerprint density at radius 3 is 2.41 bits per heavy atom. The molecule has 0 spiro atoms. The highest BCUT2D eigenvalue weighted by molar-refractivity contribution is 6.23. The summed E-state index contributed by atoms with van der Waals surface area (Å²) in [5, 5.41) is 17.0. The first kappa shape index (κ1) is 36.1. The first-order valence-electron chi connectivity index (χ1n) is 17.5. The van der Waals surface area contributed by atoms with Gasteiger partial charge in [0.25, 0.3) is 11.8 Å². The summed E-state index contributed by atoms with van der Waals surface area (Å²) in [6, 6.07) is 18.8. The van der Waals surface area contributed by atoms with Gasteiger partial charge in [-0.25, -0.2) is 14.3 Å². The fourth-order valence-electron chi connectivity index (χ4n) is 6.51. The van der Waals surface area contributed by atoms with Crippen molar-refractivity contribution in [3.8, 4) is 22.4 Å². The van der Waals surface area contributed by atoms with Gasteiger partial charge in [-0.15, -0.1) is 0 Å². The lowest BCUT2D eigenvalue weighted by Crippen LogP contribution is -2.54. The SMILES string of the molecule is CC(C)(C)OC(=O)n1c(-c2ccc(-c3ccc(NCCOCC(O)c4ccc5c(c4)C(=O)N(C4CCC(=O)NC4=O)C5=O)nc3)cc2)cc2ccncc21. The van der Waals surface area contributed by atoms with E-state index < -0.39 is 47.5 Å². The molecule has 0 bridgehead atoms. The summed E-state index contributed by atoms with van der Waals surface area (Å²) in [6.07, 6.45) is 3.65. The zero-order chi connectivity index (χ0) is 38.1. The molecule has 1 saturated heterocycles. The Morgan fingerprint density at radius 2 is 1.69 bits per heavy atom. The number of ether oxygens (including phenoxy) is 2. The van der Waals surface area contributed by atoms with E-state index in [4.69, 9.17) is 9.47 Å². The maximum Gasteiger partial charge on any atom is 0.419 e. The number of fused-ring (bicyclic) bond motifs is 2. The topological polar surface area (TPSA) is 182 Å². The first-order valence-corrected chi connectivity index (χ1v) is 17.5. The van der Waals surface area contributed by atoms with Crippen LogP contribution in [0.4, 0.5) is 10.6 Å². The Balaban J connectivity index is 0.915. The molecule has 2 aliphatic rings. The lowest BCUT2D eigenvalue weighted by molar-refractivity contribution is -0.136. The zero-order valence-electron chi connectivity index (χ0n) is 29.9. The van der Waals surface area contributed by atoms with Gasteiger partial charge in [0.2, 0.25) is 11.8 Å². The molecule has 14 heteroatoms. The molecule has 2 unspecified atom stereocenters. The summed E-state index contributed by atoms with van der Waals surface area (Å²) >= 11 is 0. The highest BCUT2D eigenvalue weighted by Gasteiger charge is 2.44. The van der Waals surface area contributed by atoms with Crippen molar-refractivity contribution in [1.29, 1.82) is 0 Å². The number of nitrogens with zero attached hydrogens (tertiary/aromatic N) is 4. The van der Waals surface area contributed by atoms with Gasteiger partial charge in [-0.1, -0.05) is 30.3 Å². The molecule has 0 saturated carbocycles. The standard InChI is InChI=1S/C40H38N6O8/c1-40(2,3)54-39(52)45-31(19-25-14-15-41-21-32(25)45)24-6-4-23(5-7-24)27-9-12-34(43-20-27)42-16-17-53-22-33(47)26-8-10-28-29(18-26)38(51)46(37(28)50)30-11-13-35(48)44-36(30)49/h4-10,12,14-15,18-21,30,33,47H,11,13,16-17,22H2,1-3H3,(H,42,43)(H,44,48,49). The van der Waals surface area contributed by atoms with Crippen molar-refractivity contribution < 1.29 is 38.6 Å². The largest absolute Gasteiger partial charge is 0.443 e. The summed E-state index contributed by atoms with van der Waals surface area (Å²) in [6.45, 7) is 6.09. The number of hydrogen-bond donors (Lipinski definition) is 3. The lowest BCUT2D eigenvalue weighted by atomic mass is 10.0. The maximum atomic E-state index is 13.2. The van der Waals surface area contributed by atoms with Gasteiger partial charge in [-0.05, 0) is 80.3 Å². The van der Waals surface area contributed by atoms with Gasteiger partial charge in [0.1, 0.15) is 23.6 Å². The number of amides is 4. The third kappa shape index (κ3) is 7.34. The molecule has 4 amide bonds. The predicted octanol–water partition coefficient (Wildman–Crippen LogP) is 5.11. The minimum absolute atomic E-state index is 0.0316. The molecule has 7 rings (SSSR count). The fourth-order valence-corrected chi connectivity index (χ4v) is 6.51. The first-order chi connectivity index (χ1) is 25.9. The highest BCUT2D eigenvalue weighted by Crippen LogP contribution is 2.32. The quantitative estimate of drug-likeness (QED) is 0.128. The van der Waals surface area contributed by atoms with Crippen molar-refractivity contribution >= 4 is 46.4 Å². The number of carbonyl (C=O) groups excluding carboxylic acids is 5. The van der Waals surface area contributed by atoms with Gasteiger partial charge in [-0.3, -0.25) is 34.4 Å². The maximum absolute atomic E-state index is 13.2. The molecular formula is C40H38N6O8. The van der Waals surface area contributed by atoms with E-state index in [0.717, 1.165) is 27.0 Å². The van der Waals surface area contributed by atoms with Crippen molar-refractivity contribution in [3.05, 3.63) is 102 Å². The average molecular weight is 731 g/mol. The van der Waals surface area contributed by atoms with E-state index in [-0.39, 0.29) is 37.2 Å². The molecule has 14 nitrogen and oxygen atoms in total. The number of anilines is 1. The van der Waals surface area contributed by atoms with Gasteiger partial charge in [0.05, 0.1) is 41.7 Å². The molecule has 5 heterocycles. The predicted molar refractivity (Wildman–Crippen MR) is 197 cm³/mol. The van der Waals surface area contributed by atoms with Crippen LogP contribution in [0.1, 0.15) is 66.0 Å². The van der Waals surface area contributed by atoms with E-state index in [1.54, 1.807) is 29.2 Å². The molecule has 2 atom stereocenters. The number of nitrogens with one attached hydrogen (secondary N) is 2. The third-order valence-electron chi connectivity index (χ3n) is 9.14. The van der Waals surface area contributed by atoms with Crippen molar-refractivity contribution in [2.45, 2.75) is 51.4 Å². The normalized spacial score (nSPS) is 16.4. The summed E-state index contributed by atoms with van der Waals surface area (Å²) in [4.78, 5) is 72.7. The minimum Gasteiger partial charge on any atom is -0.443 e. The van der Waals surface area contributed by atoms with E-state index in [0.29, 0.717) is 29.1 Å². The van der Waals surface area contributed by atoms with Crippen molar-refractivity contribution in [3.63, 3.8) is 0 Å². The van der Waals surface area contributed by atoms with Gasteiger partial charge < -0.3 is 19.9 Å². The molecule has 1 fully saturated rings. The Morgan fingerprint density at radius 1 is 0.944 bits per heavy atom. The van der Waals surface area contributed by atoms with Crippen LogP contribution in [0.2, 0.25) is 0 Å². The number of aromatic nitrogens is 3.